The molecule has 10 aromatic rings. The highest BCUT2D eigenvalue weighted by atomic mass is 32.2. The summed E-state index contributed by atoms with van der Waals surface area (Å²) < 4.78 is 47.0. The van der Waals surface area contributed by atoms with Crippen LogP contribution in [0.2, 0.25) is 0 Å². The minimum absolute atomic E-state index is 0.0950. The number of nitrogens with two attached hydrogens (primary N) is 1. The van der Waals surface area contributed by atoms with Crippen molar-refractivity contribution in [1.82, 2.24) is 69.0 Å². The minimum atomic E-state index is -3.56. The van der Waals surface area contributed by atoms with Gasteiger partial charge in [-0.05, 0) is 114 Å². The van der Waals surface area contributed by atoms with E-state index in [0.29, 0.717) is 49.1 Å². The van der Waals surface area contributed by atoms with Crippen LogP contribution < -0.4 is 20.5 Å². The van der Waals surface area contributed by atoms with Gasteiger partial charge in [-0.1, -0.05) is 24.3 Å². The first-order chi connectivity index (χ1) is 39.9. The Bertz CT molecular complexity index is 3810. The molecular formula is C59H72N16O7S. The third-order valence-corrected chi connectivity index (χ3v) is 13.8. The van der Waals surface area contributed by atoms with Crippen molar-refractivity contribution in [1.29, 1.82) is 0 Å². The Morgan fingerprint density at radius 2 is 1.10 bits per heavy atom. The zero-order chi connectivity index (χ0) is 59.2. The molecular weight excluding hydrogens is 1080 g/mol. The summed E-state index contributed by atoms with van der Waals surface area (Å²) in [6.07, 6.45) is 17.0. The highest BCUT2D eigenvalue weighted by Crippen LogP contribution is 2.34. The fraction of sp³-hybridized carbons (Fsp3) is 0.356. The molecule has 83 heavy (non-hydrogen) atoms. The highest BCUT2D eigenvalue weighted by molar-refractivity contribution is 7.90. The predicted octanol–water partition coefficient (Wildman–Crippen LogP) is 8.10. The topological polar surface area (TPSA) is 289 Å². The second-order valence-electron chi connectivity index (χ2n) is 20.4. The van der Waals surface area contributed by atoms with Gasteiger partial charge in [-0.15, -0.1) is 0 Å². The van der Waals surface area contributed by atoms with Gasteiger partial charge >= 0.3 is 0 Å². The Labute approximate surface area is 482 Å². The number of aliphatic hydroxyl groups excluding tert-OH is 2. The number of rotatable bonds is 17. The van der Waals surface area contributed by atoms with Crippen LogP contribution in [-0.2, 0) is 27.7 Å². The molecule has 1 fully saturated rings. The predicted molar refractivity (Wildman–Crippen MR) is 319 cm³/mol. The Kier molecular flexibility index (Phi) is 20.4. The van der Waals surface area contributed by atoms with Gasteiger partial charge in [0.2, 0.25) is 20.9 Å². The first kappa shape index (κ1) is 60.5. The molecule has 2 aromatic carbocycles. The molecule has 8 aromatic heterocycles. The average molecular weight is 1150 g/mol. The quantitative estimate of drug-likeness (QED) is 0.0626. The number of benzene rings is 2. The molecule has 9 heterocycles. The summed E-state index contributed by atoms with van der Waals surface area (Å²) in [5.74, 6) is 2.08. The molecule has 0 radical (unpaired) electrons. The van der Waals surface area contributed by atoms with Crippen molar-refractivity contribution in [3.05, 3.63) is 133 Å². The number of pyridine rings is 2. The largest absolute Gasteiger partial charge is 0.497 e. The molecule has 0 unspecified atom stereocenters. The summed E-state index contributed by atoms with van der Waals surface area (Å²) in [6, 6.07) is 23.6. The van der Waals surface area contributed by atoms with Crippen LogP contribution in [0.25, 0.3) is 67.1 Å². The maximum absolute atomic E-state index is 12.0. The lowest BCUT2D eigenvalue weighted by Crippen LogP contribution is -2.16. The molecule has 0 amide bonds. The van der Waals surface area contributed by atoms with Crippen LogP contribution in [0.4, 0.5) is 5.95 Å². The van der Waals surface area contributed by atoms with Crippen molar-refractivity contribution >= 4 is 37.9 Å². The molecule has 1 saturated heterocycles. The number of aromatic nitrogens is 14. The summed E-state index contributed by atoms with van der Waals surface area (Å²) in [7, 11) is -0.257. The molecule has 0 aliphatic carbocycles. The second kappa shape index (κ2) is 27.9. The second-order valence-corrected chi connectivity index (χ2v) is 22.3. The van der Waals surface area contributed by atoms with Gasteiger partial charge in [0.25, 0.3) is 0 Å². The van der Waals surface area contributed by atoms with Crippen LogP contribution in [0.15, 0.2) is 128 Å². The average Bonchev–Trinajstić information content (AvgIpc) is 4.27. The zero-order valence-electron chi connectivity index (χ0n) is 48.2. The molecule has 24 heteroatoms. The molecule has 1 aliphatic rings. The number of nitrogens with zero attached hydrogens (tertiary/aromatic N) is 14. The first-order valence-electron chi connectivity index (χ1n) is 27.2. The molecule has 1 aliphatic heterocycles. The van der Waals surface area contributed by atoms with Crippen molar-refractivity contribution < 1.29 is 32.8 Å². The number of anilines is 1. The molecule has 0 saturated carbocycles. The van der Waals surface area contributed by atoms with Crippen LogP contribution in [-0.4, -0.2) is 147 Å². The van der Waals surface area contributed by atoms with Crippen LogP contribution in [0.5, 0.6) is 11.5 Å². The van der Waals surface area contributed by atoms with Crippen LogP contribution in [0.1, 0.15) is 77.6 Å². The van der Waals surface area contributed by atoms with Crippen molar-refractivity contribution in [3.63, 3.8) is 0 Å². The standard InChI is InChI=1S/C27H30N8O2.C25H25N7O3S.C4H8O.C3H9NO/c1-17(2)34-16-23(24-9-10-28-27(32-24)30-12-18(3)36)25(33-34)20-11-21-14-31-35(26(21)29-13-20)15-19-5-7-22(37-4)8-6-19;1-16(2)31-15-21(22-9-10-26-25(29-22)36(4,33)34)23(30-31)18-11-19-13-28-32(24(19)27-12-18)14-17-5-7-20(35-3)8-6-17;1-2-4-5-3-1;1-3(5)2-4/h5-11,13-14,16-18,36H,12,15H2,1-4H3,(H,28,30,32);5-13,15-16H,14H2,1-4H3;1-4H2;3,5H,2,4H2,1H3/t18-;;;3-/m0..0/s1. The van der Waals surface area contributed by atoms with Gasteiger partial charge in [0, 0.05) is 115 Å². The van der Waals surface area contributed by atoms with Crippen LogP contribution >= 0.6 is 0 Å². The van der Waals surface area contributed by atoms with Gasteiger partial charge in [0.05, 0.1) is 63.3 Å². The van der Waals surface area contributed by atoms with E-state index in [1.54, 1.807) is 52.7 Å². The maximum Gasteiger partial charge on any atom is 0.247 e. The molecule has 11 rings (SSSR count). The summed E-state index contributed by atoms with van der Waals surface area (Å²) in [4.78, 5) is 26.6. The van der Waals surface area contributed by atoms with E-state index in [1.807, 2.05) is 118 Å². The summed E-state index contributed by atoms with van der Waals surface area (Å²) in [5.41, 5.74) is 14.5. The number of nitrogens with one attached hydrogen (secondary N) is 1. The number of sulfone groups is 1. The Balaban J connectivity index is 0.000000186. The van der Waals surface area contributed by atoms with E-state index in [4.69, 9.17) is 45.2 Å². The number of hydrogen-bond acceptors (Lipinski definition) is 19. The number of fused-ring (bicyclic) bond motifs is 2. The van der Waals surface area contributed by atoms with Gasteiger partial charge in [0.1, 0.15) is 22.9 Å². The number of aliphatic hydroxyl groups is 2. The minimum Gasteiger partial charge on any atom is -0.497 e. The van der Waals surface area contributed by atoms with E-state index in [0.717, 1.165) is 92.2 Å². The third kappa shape index (κ3) is 15.9. The maximum atomic E-state index is 12.0. The number of ether oxygens (including phenoxy) is 3. The SMILES string of the molecule is C1CCOC1.COc1ccc(Cn2ncc3cc(-c4nn(C(C)C)cc4-c4ccnc(NC[C@H](C)O)n4)cnc32)cc1.COc1ccc(Cn2ncc3cc(-c4nn(C(C)C)cc4-c4ccnc(S(C)(=O)=O)n4)cnc32)cc1.C[C@H](O)CN. The van der Waals surface area contributed by atoms with Crippen molar-refractivity contribution in [2.24, 2.45) is 5.73 Å². The molecule has 0 bridgehead atoms. The fourth-order valence-corrected chi connectivity index (χ4v) is 8.88. The van der Waals surface area contributed by atoms with E-state index in [1.165, 1.54) is 19.0 Å². The van der Waals surface area contributed by atoms with Crippen molar-refractivity contribution in [3.8, 4) is 56.5 Å². The fourth-order valence-electron chi connectivity index (χ4n) is 8.37. The van der Waals surface area contributed by atoms with Gasteiger partial charge in [-0.3, -0.25) is 9.36 Å². The Morgan fingerprint density at radius 3 is 1.49 bits per heavy atom. The number of hydrogen-bond donors (Lipinski definition) is 4. The Morgan fingerprint density at radius 1 is 0.639 bits per heavy atom. The molecule has 436 valence electrons. The molecule has 2 atom stereocenters. The monoisotopic (exact) mass is 1150 g/mol. The summed E-state index contributed by atoms with van der Waals surface area (Å²) >= 11 is 0. The van der Waals surface area contributed by atoms with Gasteiger partial charge in [-0.25, -0.2) is 47.7 Å². The first-order valence-corrected chi connectivity index (χ1v) is 29.1. The van der Waals surface area contributed by atoms with E-state index in [9.17, 15) is 13.5 Å². The van der Waals surface area contributed by atoms with E-state index in [2.05, 4.69) is 55.4 Å². The van der Waals surface area contributed by atoms with Crippen molar-refractivity contribution in [2.45, 2.75) is 96.9 Å². The lowest BCUT2D eigenvalue weighted by molar-refractivity contribution is 0.198. The van der Waals surface area contributed by atoms with Gasteiger partial charge in [-0.2, -0.15) is 20.4 Å². The van der Waals surface area contributed by atoms with E-state index in [-0.39, 0.29) is 23.3 Å². The molecule has 5 N–H and O–H groups in total. The van der Waals surface area contributed by atoms with Gasteiger partial charge < -0.3 is 35.5 Å². The van der Waals surface area contributed by atoms with E-state index < -0.39 is 15.9 Å². The molecule has 0 spiro atoms. The number of methoxy groups -OCH3 is 2. The third-order valence-electron chi connectivity index (χ3n) is 12.9. The highest BCUT2D eigenvalue weighted by Gasteiger charge is 2.22. The Hall–Kier alpha value is -8.55. The molecule has 23 nitrogen and oxygen atoms in total. The van der Waals surface area contributed by atoms with Gasteiger partial charge in [0.15, 0.2) is 11.3 Å². The lowest BCUT2D eigenvalue weighted by atomic mass is 10.1. The lowest BCUT2D eigenvalue weighted by Gasteiger charge is -2.08. The smallest absolute Gasteiger partial charge is 0.247 e. The van der Waals surface area contributed by atoms with E-state index >= 15 is 0 Å². The van der Waals surface area contributed by atoms with Crippen LogP contribution in [0.3, 0.4) is 0 Å². The zero-order valence-corrected chi connectivity index (χ0v) is 49.0. The van der Waals surface area contributed by atoms with Crippen molar-refractivity contribution in [2.75, 3.05) is 52.1 Å². The summed E-state index contributed by atoms with van der Waals surface area (Å²) in [6.45, 7) is 15.5. The normalized spacial score (nSPS) is 13.0. The summed E-state index contributed by atoms with van der Waals surface area (Å²) in [5, 5.41) is 41.2. The van der Waals surface area contributed by atoms with Crippen LogP contribution in [0, 0.1) is 0 Å².